The Bertz CT molecular complexity index is 328. The highest BCUT2D eigenvalue weighted by Gasteiger charge is 2.28. The minimum Gasteiger partial charge on any atom is -0.300 e. The molecule has 1 rings (SSSR count). The average Bonchev–Trinajstić information content (AvgIpc) is 2.53. The molecular formula is C17H31NO3. The third-order valence-electron chi connectivity index (χ3n) is 4.07. The lowest BCUT2D eigenvalue weighted by atomic mass is 9.80. The van der Waals surface area contributed by atoms with Crippen LogP contribution in [0, 0.1) is 11.8 Å². The highest BCUT2D eigenvalue weighted by Crippen LogP contribution is 2.30. The Labute approximate surface area is 129 Å². The Morgan fingerprint density at radius 1 is 0.905 bits per heavy atom. The molecule has 122 valence electrons. The first-order valence-electron chi connectivity index (χ1n) is 8.33. The molecule has 0 radical (unpaired) electrons. The molecule has 0 aromatic heterocycles. The third-order valence-corrected chi connectivity index (χ3v) is 4.07. The zero-order valence-electron chi connectivity index (χ0n) is 14.3. The molecule has 1 aliphatic carbocycles. The molecule has 0 aliphatic heterocycles. The minimum absolute atomic E-state index is 0.0828. The van der Waals surface area contributed by atoms with Crippen LogP contribution in [0.25, 0.3) is 0 Å². The summed E-state index contributed by atoms with van der Waals surface area (Å²) in [7, 11) is 0. The van der Waals surface area contributed by atoms with Gasteiger partial charge in [-0.25, -0.2) is 0 Å². The van der Waals surface area contributed by atoms with Gasteiger partial charge in [-0.1, -0.05) is 27.7 Å². The van der Waals surface area contributed by atoms with Crippen LogP contribution in [0.5, 0.6) is 0 Å². The van der Waals surface area contributed by atoms with Crippen molar-refractivity contribution in [2.24, 2.45) is 11.8 Å². The molecule has 0 aromatic rings. The van der Waals surface area contributed by atoms with Crippen molar-refractivity contribution in [1.82, 2.24) is 4.90 Å². The molecule has 0 heterocycles. The number of nitrogens with zero attached hydrogens (tertiary/aromatic N) is 1. The molecule has 1 saturated carbocycles. The zero-order valence-corrected chi connectivity index (χ0v) is 14.3. The molecule has 0 spiro atoms. The molecule has 4 nitrogen and oxygen atoms in total. The van der Waals surface area contributed by atoms with E-state index in [2.05, 4.69) is 0 Å². The van der Waals surface area contributed by atoms with Crippen LogP contribution in [0.4, 0.5) is 0 Å². The Balaban J connectivity index is 0.00000191. The summed E-state index contributed by atoms with van der Waals surface area (Å²) in [4.78, 5) is 36.4. The smallest absolute Gasteiger partial charge is 0.228 e. The van der Waals surface area contributed by atoms with E-state index in [9.17, 15) is 14.4 Å². The van der Waals surface area contributed by atoms with Crippen molar-refractivity contribution in [3.8, 4) is 0 Å². The number of ketones is 1. The van der Waals surface area contributed by atoms with Crippen LogP contribution in [-0.4, -0.2) is 29.0 Å². The van der Waals surface area contributed by atoms with E-state index in [4.69, 9.17) is 0 Å². The summed E-state index contributed by atoms with van der Waals surface area (Å²) in [6.07, 6.45) is 4.41. The third kappa shape index (κ3) is 6.40. The lowest BCUT2D eigenvalue weighted by molar-refractivity contribution is -0.145. The lowest BCUT2D eigenvalue weighted by Gasteiger charge is -2.31. The lowest BCUT2D eigenvalue weighted by Crippen LogP contribution is -2.40. The maximum absolute atomic E-state index is 11.8. The van der Waals surface area contributed by atoms with Gasteiger partial charge in [0.1, 0.15) is 5.78 Å². The van der Waals surface area contributed by atoms with Gasteiger partial charge in [-0.05, 0) is 38.5 Å². The van der Waals surface area contributed by atoms with Crippen LogP contribution in [-0.2, 0) is 14.4 Å². The second-order valence-electron chi connectivity index (χ2n) is 5.43. The zero-order chi connectivity index (χ0) is 16.4. The molecule has 21 heavy (non-hydrogen) atoms. The fourth-order valence-electron chi connectivity index (χ4n) is 2.73. The summed E-state index contributed by atoms with van der Waals surface area (Å²) in [5.41, 5.74) is 0. The first-order chi connectivity index (χ1) is 9.99. The molecule has 0 unspecified atom stereocenters. The van der Waals surface area contributed by atoms with E-state index in [0.717, 1.165) is 25.7 Å². The standard InChI is InChI=1S/C15H25NO3.C2H6/c1-4-14(18)16(15(19)5-2)10-12-6-8-13(9-7-12)11(3)17;1-2/h12-13H,4-10H2,1-3H3;1-2H3. The van der Waals surface area contributed by atoms with E-state index >= 15 is 0 Å². The normalized spacial score (nSPS) is 21.0. The number of hydrogen-bond acceptors (Lipinski definition) is 3. The highest BCUT2D eigenvalue weighted by atomic mass is 16.2. The number of carbonyl (C=O) groups is 3. The van der Waals surface area contributed by atoms with Gasteiger partial charge in [-0.3, -0.25) is 19.3 Å². The Hall–Kier alpha value is -1.19. The molecule has 0 saturated heterocycles. The summed E-state index contributed by atoms with van der Waals surface area (Å²) >= 11 is 0. The Morgan fingerprint density at radius 2 is 1.33 bits per heavy atom. The Kier molecular flexibility index (Phi) is 9.93. The van der Waals surface area contributed by atoms with E-state index in [-0.39, 0.29) is 23.5 Å². The number of amides is 2. The SMILES string of the molecule is CC.CCC(=O)N(CC1CCC(C(C)=O)CC1)C(=O)CC. The van der Waals surface area contributed by atoms with E-state index in [1.165, 1.54) is 4.90 Å². The molecule has 0 atom stereocenters. The van der Waals surface area contributed by atoms with Crippen LogP contribution in [0.2, 0.25) is 0 Å². The molecule has 0 bridgehead atoms. The maximum Gasteiger partial charge on any atom is 0.228 e. The quantitative estimate of drug-likeness (QED) is 0.779. The molecule has 0 N–H and O–H groups in total. The summed E-state index contributed by atoms with van der Waals surface area (Å²) < 4.78 is 0. The van der Waals surface area contributed by atoms with Gasteiger partial charge in [0.2, 0.25) is 11.8 Å². The first-order valence-corrected chi connectivity index (χ1v) is 8.33. The van der Waals surface area contributed by atoms with Gasteiger partial charge >= 0.3 is 0 Å². The topological polar surface area (TPSA) is 54.5 Å². The van der Waals surface area contributed by atoms with E-state index in [0.29, 0.717) is 25.3 Å². The number of rotatable bonds is 5. The van der Waals surface area contributed by atoms with Crippen molar-refractivity contribution in [2.45, 2.75) is 73.1 Å². The number of Topliss-reactive ketones (excluding diaryl/α,β-unsaturated/α-hetero) is 1. The first kappa shape index (κ1) is 19.8. The predicted octanol–water partition coefficient (Wildman–Crippen LogP) is 3.58. The fourth-order valence-corrected chi connectivity index (χ4v) is 2.73. The van der Waals surface area contributed by atoms with Crippen molar-refractivity contribution in [3.05, 3.63) is 0 Å². The van der Waals surface area contributed by atoms with Gasteiger partial charge in [0.15, 0.2) is 0 Å². The van der Waals surface area contributed by atoms with Crippen molar-refractivity contribution in [1.29, 1.82) is 0 Å². The fraction of sp³-hybridized carbons (Fsp3) is 0.824. The molecule has 4 heteroatoms. The van der Waals surface area contributed by atoms with Gasteiger partial charge in [0, 0.05) is 25.3 Å². The molecule has 2 amide bonds. The molecule has 1 fully saturated rings. The van der Waals surface area contributed by atoms with Crippen molar-refractivity contribution in [3.63, 3.8) is 0 Å². The summed E-state index contributed by atoms with van der Waals surface area (Å²) in [6.45, 7) is 9.75. The van der Waals surface area contributed by atoms with E-state index in [1.807, 2.05) is 13.8 Å². The minimum atomic E-state index is -0.0828. The van der Waals surface area contributed by atoms with Crippen LogP contribution < -0.4 is 0 Å². The second kappa shape index (κ2) is 10.5. The van der Waals surface area contributed by atoms with Gasteiger partial charge < -0.3 is 0 Å². The van der Waals surface area contributed by atoms with Crippen molar-refractivity contribution in [2.75, 3.05) is 6.54 Å². The summed E-state index contributed by atoms with van der Waals surface area (Å²) in [5.74, 6) is 0.653. The average molecular weight is 297 g/mol. The van der Waals surface area contributed by atoms with Crippen LogP contribution in [0.1, 0.15) is 73.1 Å². The summed E-state index contributed by atoms with van der Waals surface area (Å²) in [5, 5.41) is 0. The second-order valence-corrected chi connectivity index (χ2v) is 5.43. The van der Waals surface area contributed by atoms with Gasteiger partial charge in [0.05, 0.1) is 0 Å². The number of imide groups is 1. The van der Waals surface area contributed by atoms with Crippen LogP contribution in [0.15, 0.2) is 0 Å². The van der Waals surface area contributed by atoms with E-state index in [1.54, 1.807) is 20.8 Å². The molecule has 0 aromatic carbocycles. The highest BCUT2D eigenvalue weighted by molar-refractivity contribution is 5.95. The largest absolute Gasteiger partial charge is 0.300 e. The van der Waals surface area contributed by atoms with Crippen LogP contribution >= 0.6 is 0 Å². The Morgan fingerprint density at radius 3 is 1.67 bits per heavy atom. The van der Waals surface area contributed by atoms with Gasteiger partial charge in [-0.2, -0.15) is 0 Å². The van der Waals surface area contributed by atoms with Gasteiger partial charge in [0.25, 0.3) is 0 Å². The van der Waals surface area contributed by atoms with Crippen molar-refractivity contribution >= 4 is 17.6 Å². The molecular weight excluding hydrogens is 266 g/mol. The van der Waals surface area contributed by atoms with Crippen LogP contribution in [0.3, 0.4) is 0 Å². The summed E-state index contributed by atoms with van der Waals surface area (Å²) in [6, 6.07) is 0. The predicted molar refractivity (Wildman–Crippen MR) is 84.8 cm³/mol. The van der Waals surface area contributed by atoms with E-state index < -0.39 is 0 Å². The van der Waals surface area contributed by atoms with Crippen molar-refractivity contribution < 1.29 is 14.4 Å². The molecule has 1 aliphatic rings. The number of carbonyl (C=O) groups excluding carboxylic acids is 3. The maximum atomic E-state index is 11.8. The monoisotopic (exact) mass is 297 g/mol. The van der Waals surface area contributed by atoms with Gasteiger partial charge in [-0.15, -0.1) is 0 Å². The number of hydrogen-bond donors (Lipinski definition) is 0.